The van der Waals surface area contributed by atoms with Crippen molar-refractivity contribution in [3.63, 3.8) is 0 Å². The summed E-state index contributed by atoms with van der Waals surface area (Å²) < 4.78 is 66.1. The zero-order valence-corrected chi connectivity index (χ0v) is 15.5. The number of alkyl halides is 2. The van der Waals surface area contributed by atoms with Crippen molar-refractivity contribution in [1.29, 1.82) is 0 Å². The van der Waals surface area contributed by atoms with Crippen LogP contribution >= 0.6 is 0 Å². The molecule has 2 bridgehead atoms. The molecule has 10 nitrogen and oxygen atoms in total. The smallest absolute Gasteiger partial charge is 0.402 e. The Kier molecular flexibility index (Phi) is 4.73. The minimum atomic E-state index is -5.80. The van der Waals surface area contributed by atoms with Crippen molar-refractivity contribution in [2.75, 3.05) is 6.61 Å². The number of imide groups is 1. The number of hydrogen-bond acceptors (Lipinski definition) is 8. The fourth-order valence-corrected chi connectivity index (χ4v) is 4.88. The largest absolute Gasteiger partial charge is 0.460 e. The van der Waals surface area contributed by atoms with Crippen LogP contribution < -0.4 is 0 Å². The van der Waals surface area contributed by atoms with Gasteiger partial charge in [0, 0.05) is 19.8 Å². The van der Waals surface area contributed by atoms with Crippen LogP contribution in [0, 0.1) is 23.7 Å². The third-order valence-electron chi connectivity index (χ3n) is 5.55. The second kappa shape index (κ2) is 6.44. The minimum absolute atomic E-state index is 0.233. The molecule has 13 heteroatoms. The van der Waals surface area contributed by atoms with Crippen LogP contribution in [0.3, 0.4) is 0 Å². The van der Waals surface area contributed by atoms with Crippen molar-refractivity contribution in [2.24, 2.45) is 23.7 Å². The number of carbonyl (C=O) groups excluding carboxylic acids is 4. The molecule has 1 saturated heterocycles. The number of rotatable bonds is 5. The van der Waals surface area contributed by atoms with E-state index in [4.69, 9.17) is 9.29 Å². The highest BCUT2D eigenvalue weighted by Gasteiger charge is 2.71. The van der Waals surface area contributed by atoms with Gasteiger partial charge in [-0.2, -0.15) is 17.2 Å². The maximum absolute atomic E-state index is 13.3. The average Bonchev–Trinajstić information content (AvgIpc) is 3.13. The van der Waals surface area contributed by atoms with E-state index in [1.54, 1.807) is 0 Å². The monoisotopic (exact) mass is 425 g/mol. The molecule has 2 aliphatic carbocycles. The Labute approximate surface area is 157 Å². The fraction of sp³-hybridized carbons (Fsp3) is 0.733. The van der Waals surface area contributed by atoms with Gasteiger partial charge in [-0.3, -0.25) is 28.6 Å². The summed E-state index contributed by atoms with van der Waals surface area (Å²) in [6, 6.07) is -0.743. The number of nitrogens with zero attached hydrogens (tertiary/aromatic N) is 1. The predicted octanol–water partition coefficient (Wildman–Crippen LogP) is -0.419. The lowest BCUT2D eigenvalue weighted by molar-refractivity contribution is -0.165. The molecule has 0 aromatic carbocycles. The number of likely N-dealkylation sites (tertiary alicyclic amines) is 1. The summed E-state index contributed by atoms with van der Waals surface area (Å²) in [7, 11) is -5.80. The zero-order chi connectivity index (χ0) is 21.2. The van der Waals surface area contributed by atoms with E-state index < -0.39 is 81.5 Å². The molecule has 3 rings (SSSR count). The van der Waals surface area contributed by atoms with Gasteiger partial charge in [0.1, 0.15) is 6.10 Å². The number of esters is 2. The Hall–Kier alpha value is -2.15. The third kappa shape index (κ3) is 2.96. The van der Waals surface area contributed by atoms with E-state index in [2.05, 4.69) is 4.74 Å². The number of amides is 2. The van der Waals surface area contributed by atoms with Gasteiger partial charge >= 0.3 is 27.3 Å². The second-order valence-electron chi connectivity index (χ2n) is 7.13. The highest BCUT2D eigenvalue weighted by molar-refractivity contribution is 7.86. The van der Waals surface area contributed by atoms with Gasteiger partial charge in [-0.1, -0.05) is 0 Å². The molecule has 1 N–H and O–H groups in total. The summed E-state index contributed by atoms with van der Waals surface area (Å²) in [5.74, 6) is -6.83. The number of hydrogen-bond donors (Lipinski definition) is 1. The SMILES string of the molecule is CC(=O)OC1C2CC3C(C(=O)N(C(C)=O)C31)C2C(=O)OCC(F)(F)S(=O)(=O)O. The van der Waals surface area contributed by atoms with Crippen LogP contribution in [0.15, 0.2) is 0 Å². The quantitative estimate of drug-likeness (QED) is 0.459. The topological polar surface area (TPSA) is 144 Å². The van der Waals surface area contributed by atoms with E-state index >= 15 is 0 Å². The number of halogens is 2. The lowest BCUT2D eigenvalue weighted by atomic mass is 9.78. The van der Waals surface area contributed by atoms with Gasteiger partial charge in [-0.05, 0) is 12.3 Å². The van der Waals surface area contributed by atoms with Crippen LogP contribution in [-0.4, -0.2) is 65.6 Å². The first kappa shape index (κ1) is 20.6. The molecule has 6 unspecified atom stereocenters. The van der Waals surface area contributed by atoms with E-state index in [1.807, 2.05) is 0 Å². The lowest BCUT2D eigenvalue weighted by Gasteiger charge is -2.32. The van der Waals surface area contributed by atoms with Crippen molar-refractivity contribution >= 4 is 33.9 Å². The molecular formula is C15H17F2NO9S. The normalized spacial score (nSPS) is 33.9. The Balaban J connectivity index is 1.86. The highest BCUT2D eigenvalue weighted by atomic mass is 32.2. The summed E-state index contributed by atoms with van der Waals surface area (Å²) in [5, 5.41) is -4.72. The van der Waals surface area contributed by atoms with Gasteiger partial charge in [-0.25, -0.2) is 0 Å². The fourth-order valence-electron chi connectivity index (χ4n) is 4.67. The maximum atomic E-state index is 13.3. The summed E-state index contributed by atoms with van der Waals surface area (Å²) in [4.78, 5) is 49.3. The van der Waals surface area contributed by atoms with Crippen LogP contribution in [0.5, 0.6) is 0 Å². The molecule has 6 atom stereocenters. The molecule has 3 fully saturated rings. The van der Waals surface area contributed by atoms with Crippen LogP contribution in [0.2, 0.25) is 0 Å². The van der Waals surface area contributed by atoms with Gasteiger partial charge in [0.15, 0.2) is 6.61 Å². The summed E-state index contributed by atoms with van der Waals surface area (Å²) in [6.45, 7) is 0.316. The van der Waals surface area contributed by atoms with Crippen LogP contribution in [0.4, 0.5) is 8.78 Å². The predicted molar refractivity (Wildman–Crippen MR) is 82.9 cm³/mol. The molecule has 0 spiro atoms. The summed E-state index contributed by atoms with van der Waals surface area (Å²) in [5.41, 5.74) is 0. The first-order valence-corrected chi connectivity index (χ1v) is 9.74. The van der Waals surface area contributed by atoms with Crippen molar-refractivity contribution in [3.8, 4) is 0 Å². The Morgan fingerprint density at radius 3 is 2.36 bits per heavy atom. The van der Waals surface area contributed by atoms with Gasteiger partial charge in [0.2, 0.25) is 11.8 Å². The highest BCUT2D eigenvalue weighted by Crippen LogP contribution is 2.59. The lowest BCUT2D eigenvalue weighted by Crippen LogP contribution is -2.48. The summed E-state index contributed by atoms with van der Waals surface area (Å²) in [6.07, 6.45) is -0.759. The van der Waals surface area contributed by atoms with Crippen LogP contribution in [0.25, 0.3) is 0 Å². The average molecular weight is 425 g/mol. The molecule has 156 valence electrons. The Morgan fingerprint density at radius 2 is 1.86 bits per heavy atom. The number of carbonyl (C=O) groups is 4. The molecule has 0 aromatic heterocycles. The maximum Gasteiger partial charge on any atom is 0.402 e. The van der Waals surface area contributed by atoms with Crippen molar-refractivity contribution < 1.29 is 50.4 Å². The second-order valence-corrected chi connectivity index (χ2v) is 8.67. The molecule has 2 saturated carbocycles. The van der Waals surface area contributed by atoms with E-state index in [-0.39, 0.29) is 6.42 Å². The van der Waals surface area contributed by atoms with Crippen LogP contribution in [0.1, 0.15) is 20.3 Å². The van der Waals surface area contributed by atoms with Gasteiger partial charge in [0.05, 0.1) is 17.9 Å². The first-order valence-electron chi connectivity index (χ1n) is 8.30. The van der Waals surface area contributed by atoms with Gasteiger partial charge in [0.25, 0.3) is 0 Å². The minimum Gasteiger partial charge on any atom is -0.460 e. The molecule has 0 radical (unpaired) electrons. The molecule has 0 aromatic rings. The Bertz CT molecular complexity index is 858. The number of ether oxygens (including phenoxy) is 2. The standard InChI is InChI=1S/C15H17F2NO9S/c1-5(19)18-11-7-3-8(12(11)27-6(2)20)10(9(7)13(18)21)14(22)26-4-15(16,17)28(23,24)25/h7-12H,3-4H2,1-2H3,(H,23,24,25). The van der Waals surface area contributed by atoms with E-state index in [0.717, 1.165) is 18.7 Å². The zero-order valence-electron chi connectivity index (χ0n) is 14.7. The molecule has 1 aliphatic heterocycles. The molecule has 1 heterocycles. The van der Waals surface area contributed by atoms with Crippen molar-refractivity contribution in [2.45, 2.75) is 37.7 Å². The van der Waals surface area contributed by atoms with Crippen molar-refractivity contribution in [1.82, 2.24) is 4.90 Å². The van der Waals surface area contributed by atoms with E-state index in [9.17, 15) is 36.4 Å². The first-order chi connectivity index (χ1) is 12.8. The third-order valence-corrected chi connectivity index (χ3v) is 6.42. The van der Waals surface area contributed by atoms with Crippen LogP contribution in [-0.2, 0) is 38.8 Å². The van der Waals surface area contributed by atoms with Crippen molar-refractivity contribution in [3.05, 3.63) is 0 Å². The van der Waals surface area contributed by atoms with Gasteiger partial charge < -0.3 is 9.47 Å². The van der Waals surface area contributed by atoms with E-state index in [0.29, 0.717) is 0 Å². The van der Waals surface area contributed by atoms with Gasteiger partial charge in [-0.15, -0.1) is 0 Å². The molecule has 28 heavy (non-hydrogen) atoms. The van der Waals surface area contributed by atoms with E-state index in [1.165, 1.54) is 0 Å². The molecule has 3 aliphatic rings. The molecule has 2 amide bonds. The Morgan fingerprint density at radius 1 is 1.25 bits per heavy atom. The number of fused-ring (bicyclic) bond motifs is 1. The summed E-state index contributed by atoms with van der Waals surface area (Å²) >= 11 is 0. The molecular weight excluding hydrogens is 408 g/mol.